The van der Waals surface area contributed by atoms with Gasteiger partial charge in [0, 0.05) is 0 Å². The highest BCUT2D eigenvalue weighted by Crippen LogP contribution is 2.51. The first-order chi connectivity index (χ1) is 14.5. The molecule has 14 heteroatoms. The van der Waals surface area contributed by atoms with E-state index in [9.17, 15) is 0 Å². The lowest BCUT2D eigenvalue weighted by Gasteiger charge is -2.81. The second-order valence-electron chi connectivity index (χ2n) is 16.8. The Kier molecular flexibility index (Phi) is 8.00. The van der Waals surface area contributed by atoms with Crippen LogP contribution in [0.4, 0.5) is 0 Å². The van der Waals surface area contributed by atoms with E-state index in [4.69, 9.17) is 0 Å². The van der Waals surface area contributed by atoms with Crippen molar-refractivity contribution in [1.29, 1.82) is 0 Å². The van der Waals surface area contributed by atoms with Gasteiger partial charge in [0.1, 0.15) is 32.9 Å². The van der Waals surface area contributed by atoms with Crippen LogP contribution in [0, 0.1) is 0 Å². The molecule has 0 aromatic rings. The van der Waals surface area contributed by atoms with E-state index >= 15 is 0 Å². The number of hydrogen-bond donors (Lipinski definition) is 0. The second-order valence-corrected chi connectivity index (χ2v) is 55.7. The first-order valence-corrected chi connectivity index (χ1v) is 38.8. The zero-order valence-corrected chi connectivity index (χ0v) is 34.8. The van der Waals surface area contributed by atoms with E-state index in [2.05, 4.69) is 151 Å². The highest BCUT2D eigenvalue weighted by molar-refractivity contribution is 7.25. The van der Waals surface area contributed by atoms with Crippen LogP contribution in [0.2, 0.25) is 131 Å². The van der Waals surface area contributed by atoms with Crippen LogP contribution in [-0.4, -0.2) is 93.9 Å². The zero-order chi connectivity index (χ0) is 27.5. The van der Waals surface area contributed by atoms with E-state index in [1.165, 1.54) is 0 Å². The molecule has 0 aromatic carbocycles. The molecule has 5 nitrogen and oxygen atoms in total. The predicted molar refractivity (Wildman–Crippen MR) is 178 cm³/mol. The van der Waals surface area contributed by atoms with Crippen molar-refractivity contribution in [1.82, 2.24) is 20.2 Å². The average Bonchev–Trinajstić information content (AvgIpc) is 2.34. The summed E-state index contributed by atoms with van der Waals surface area (Å²) in [6.45, 7) is 53.0. The van der Waals surface area contributed by atoms with Gasteiger partial charge in [0.15, 0.2) is 33.6 Å². The lowest BCUT2D eigenvalue weighted by atomic mass is 10.0. The van der Waals surface area contributed by atoms with Crippen molar-refractivity contribution in [3.8, 4) is 0 Å². The van der Waals surface area contributed by atoms with E-state index in [-0.39, 0.29) is 0 Å². The number of nitrogens with zero attached hydrogens (tertiary/aromatic N) is 5. The summed E-state index contributed by atoms with van der Waals surface area (Å²) in [7, 11) is -12.1. The molecule has 2 fully saturated rings. The van der Waals surface area contributed by atoms with Crippen molar-refractivity contribution in [2.45, 2.75) is 131 Å². The summed E-state index contributed by atoms with van der Waals surface area (Å²) in [4.78, 5) is 0. The Morgan fingerprint density at radius 1 is 0.471 bits per heavy atom. The van der Waals surface area contributed by atoms with E-state index in [0.29, 0.717) is 7.12 Å². The van der Waals surface area contributed by atoms with Crippen LogP contribution in [0.3, 0.4) is 0 Å². The second kappa shape index (κ2) is 8.55. The Balaban J connectivity index is 2.73. The molecule has 2 heterocycles. The highest BCUT2D eigenvalue weighted by atomic mass is 28.6. The molecule has 200 valence electrons. The summed E-state index contributed by atoms with van der Waals surface area (Å²) in [5, 5.41) is 0. The SMILES string of the molecule is C[Si](C)(C)N(B1N([Si](C)(C)C)[Si](C)(C)N1[Si](C)(C)N1[Si](C)(C)N([Si](C)(C)C)[Si]1(C)C)[Si](C)(C)C. The minimum Gasteiger partial charge on any atom is -0.361 e. The number of rotatable bonds is 7. The van der Waals surface area contributed by atoms with Crippen molar-refractivity contribution in [2.24, 2.45) is 0 Å². The molecule has 0 radical (unpaired) electrons. The van der Waals surface area contributed by atoms with Crippen LogP contribution in [0.1, 0.15) is 0 Å². The van der Waals surface area contributed by atoms with Gasteiger partial charge in [-0.25, -0.2) is 0 Å². The third-order valence-corrected chi connectivity index (χ3v) is 55.5. The van der Waals surface area contributed by atoms with Crippen molar-refractivity contribution < 1.29 is 0 Å². The minimum absolute atomic E-state index is 0.545. The van der Waals surface area contributed by atoms with E-state index in [1.807, 2.05) is 0 Å². The lowest BCUT2D eigenvalue weighted by Crippen LogP contribution is -3.05. The molecule has 0 bridgehead atoms. The van der Waals surface area contributed by atoms with Crippen LogP contribution in [0.15, 0.2) is 0 Å². The molecule has 0 amide bonds. The van der Waals surface area contributed by atoms with Crippen LogP contribution >= 0.6 is 0 Å². The molecule has 2 aliphatic rings. The third-order valence-electron chi connectivity index (χ3n) is 8.04. The maximum atomic E-state index is 3.29. The predicted octanol–water partition coefficient (Wildman–Crippen LogP) is 6.66. The summed E-state index contributed by atoms with van der Waals surface area (Å²) in [5.74, 6) is 0. The molecule has 2 saturated heterocycles. The standard InChI is InChI=1S/C20H60BN5Si8/c1-27(2,3)22(28(4,5)6)21-23(29(7,8)9)31(13,14)24(21)32(15,16)26-33(17,18)25(30(10,11)12)34(26,19)20/h1-20H3. The van der Waals surface area contributed by atoms with Gasteiger partial charge in [0.25, 0.3) is 0 Å². The smallest absolute Gasteiger partial charge is 0.361 e. The van der Waals surface area contributed by atoms with Gasteiger partial charge in [-0.2, -0.15) is 0 Å². The van der Waals surface area contributed by atoms with Crippen molar-refractivity contribution in [2.75, 3.05) is 0 Å². The van der Waals surface area contributed by atoms with Gasteiger partial charge in [-0.05, 0) is 52.4 Å². The third kappa shape index (κ3) is 4.87. The normalized spacial score (nSPS) is 25.5. The average molecular weight is 606 g/mol. The Bertz CT molecular complexity index is 765. The summed E-state index contributed by atoms with van der Waals surface area (Å²) in [6.07, 6.45) is 0. The Labute approximate surface area is 223 Å². The van der Waals surface area contributed by atoms with Crippen LogP contribution in [-0.2, 0) is 0 Å². The molecule has 0 atom stereocenters. The van der Waals surface area contributed by atoms with E-state index < -0.39 is 66.5 Å². The van der Waals surface area contributed by atoms with Gasteiger partial charge in [-0.1, -0.05) is 78.6 Å². The molecule has 34 heavy (non-hydrogen) atoms. The molecule has 2 aliphatic heterocycles. The molecular formula is C20H60BN5Si8. The maximum Gasteiger partial charge on any atom is 0.364 e. The van der Waals surface area contributed by atoms with Crippen LogP contribution in [0.5, 0.6) is 0 Å². The van der Waals surface area contributed by atoms with Crippen molar-refractivity contribution >= 4 is 73.6 Å². The fourth-order valence-corrected chi connectivity index (χ4v) is 77.0. The molecule has 0 aromatic heterocycles. The van der Waals surface area contributed by atoms with Gasteiger partial charge < -0.3 is 20.2 Å². The molecular weight excluding hydrogens is 546 g/mol. The largest absolute Gasteiger partial charge is 0.364 e. The molecule has 0 spiro atoms. The zero-order valence-electron chi connectivity index (χ0n) is 26.8. The van der Waals surface area contributed by atoms with Crippen molar-refractivity contribution in [3.63, 3.8) is 0 Å². The lowest BCUT2D eigenvalue weighted by molar-refractivity contribution is 0.523. The Morgan fingerprint density at radius 3 is 1.09 bits per heavy atom. The number of hydrogen-bond acceptors (Lipinski definition) is 5. The highest BCUT2D eigenvalue weighted by Gasteiger charge is 2.75. The van der Waals surface area contributed by atoms with Gasteiger partial charge >= 0.3 is 7.12 Å². The summed E-state index contributed by atoms with van der Waals surface area (Å²) in [6, 6.07) is 0. The quantitative estimate of drug-likeness (QED) is 0.301. The monoisotopic (exact) mass is 605 g/mol. The first kappa shape index (κ1) is 31.8. The molecule has 0 N–H and O–H groups in total. The minimum atomic E-state index is -1.85. The molecule has 0 unspecified atom stereocenters. The molecule has 2 rings (SSSR count). The summed E-state index contributed by atoms with van der Waals surface area (Å²) >= 11 is 0. The van der Waals surface area contributed by atoms with E-state index in [1.54, 1.807) is 0 Å². The summed E-state index contributed by atoms with van der Waals surface area (Å²) < 4.78 is 16.0. The molecule has 0 saturated carbocycles. The molecule has 0 aliphatic carbocycles. The Hall–Kier alpha value is 1.60. The van der Waals surface area contributed by atoms with E-state index in [0.717, 1.165) is 0 Å². The van der Waals surface area contributed by atoms with Crippen LogP contribution in [0.25, 0.3) is 0 Å². The fourth-order valence-electron chi connectivity index (χ4n) is 9.37. The van der Waals surface area contributed by atoms with Crippen molar-refractivity contribution in [3.05, 3.63) is 0 Å². The van der Waals surface area contributed by atoms with Gasteiger partial charge in [-0.3, -0.25) is 0 Å². The topological polar surface area (TPSA) is 16.2 Å². The first-order valence-electron chi connectivity index (χ1n) is 13.5. The Morgan fingerprint density at radius 2 is 0.824 bits per heavy atom. The fraction of sp³-hybridized carbons (Fsp3) is 1.00. The van der Waals surface area contributed by atoms with Gasteiger partial charge in [0.05, 0.1) is 0 Å². The summed E-state index contributed by atoms with van der Waals surface area (Å²) in [5.41, 5.74) is 0. The van der Waals surface area contributed by atoms with Gasteiger partial charge in [-0.15, -0.1) is 0 Å². The van der Waals surface area contributed by atoms with Crippen LogP contribution < -0.4 is 0 Å². The van der Waals surface area contributed by atoms with Gasteiger partial charge in [0.2, 0.25) is 0 Å². The maximum absolute atomic E-state index is 3.29.